The molecule has 0 atom stereocenters. The Morgan fingerprint density at radius 2 is 1.10 bits per heavy atom. The van der Waals surface area contributed by atoms with Gasteiger partial charge in [0.05, 0.1) is 28.4 Å². The summed E-state index contributed by atoms with van der Waals surface area (Å²) in [5.41, 5.74) is 1.76. The number of carbonyl (C=O) groups is 4. The van der Waals surface area contributed by atoms with E-state index in [0.29, 0.717) is 29.1 Å². The molecule has 13 nitrogen and oxygen atoms in total. The van der Waals surface area contributed by atoms with Crippen LogP contribution in [0.25, 0.3) is 11.2 Å². The SMILES string of the molecule is CC(C)(C)N1C(=O)CCC1=O.CC(C)(C)N1C(=O)c2ccccc2C1=O.CC(C)(C)n1nnc2cccnc21.CC(C)(C)n1nncc1Cl. The van der Waals surface area contributed by atoms with Crippen molar-refractivity contribution in [1.29, 1.82) is 0 Å². The van der Waals surface area contributed by atoms with Crippen LogP contribution in [0.1, 0.15) is 117 Å². The lowest BCUT2D eigenvalue weighted by molar-refractivity contribution is -0.143. The summed E-state index contributed by atoms with van der Waals surface area (Å²) in [6.45, 7) is 23.5. The van der Waals surface area contributed by atoms with E-state index in [0.717, 1.165) is 11.2 Å². The van der Waals surface area contributed by atoms with Crippen molar-refractivity contribution < 1.29 is 19.2 Å². The number of amides is 4. The van der Waals surface area contributed by atoms with Crippen LogP contribution >= 0.6 is 11.6 Å². The van der Waals surface area contributed by atoms with E-state index in [1.807, 2.05) is 79.1 Å². The van der Waals surface area contributed by atoms with Crippen molar-refractivity contribution in [3.8, 4) is 0 Å². The second-order valence-corrected chi connectivity index (χ2v) is 16.0. The number of pyridine rings is 1. The third-order valence-electron chi connectivity index (χ3n) is 7.17. The number of imide groups is 2. The van der Waals surface area contributed by atoms with Crippen LogP contribution in [0.15, 0.2) is 48.8 Å². The van der Waals surface area contributed by atoms with Crippen molar-refractivity contribution in [2.75, 3.05) is 0 Å². The molecule has 1 aromatic carbocycles. The predicted octanol–water partition coefficient (Wildman–Crippen LogP) is 6.28. The molecule has 3 aromatic heterocycles. The summed E-state index contributed by atoms with van der Waals surface area (Å²) in [6.07, 6.45) is 4.06. The molecule has 4 aromatic rings. The number of fused-ring (bicyclic) bond motifs is 2. The molecule has 0 radical (unpaired) electrons. The molecule has 0 spiro atoms. The van der Waals surface area contributed by atoms with Gasteiger partial charge >= 0.3 is 0 Å². The van der Waals surface area contributed by atoms with Crippen LogP contribution in [0.4, 0.5) is 0 Å². The molecule has 0 N–H and O–H groups in total. The Kier molecular flexibility index (Phi) is 11.5. The molecule has 264 valence electrons. The maximum atomic E-state index is 12.0. The quantitative estimate of drug-likeness (QED) is 0.194. The van der Waals surface area contributed by atoms with Gasteiger partial charge in [-0.2, -0.15) is 0 Å². The standard InChI is InChI=1S/C12H13NO2.C9H12N4.C8H13NO2.C6H10ClN3/c1-12(2,3)13-10(14)8-6-4-5-7-9(8)11(13)15;1-9(2,3)13-8-7(11-12-13)5-4-6-10-8;1-8(2,3)9-6(10)4-5-7(9)11;1-6(2,3)10-5(7)4-8-9-10/h4-7H,1-3H3;4-6H,1-3H3;4-5H2,1-3H3;4H,1-3H3. The second-order valence-electron chi connectivity index (χ2n) is 15.6. The molecular formula is C35H48ClN9O4. The van der Waals surface area contributed by atoms with Crippen molar-refractivity contribution in [2.24, 2.45) is 0 Å². The Morgan fingerprint density at radius 1 is 0.612 bits per heavy atom. The Morgan fingerprint density at radius 3 is 1.47 bits per heavy atom. The van der Waals surface area contributed by atoms with Gasteiger partial charge in [0.15, 0.2) is 5.65 Å². The first-order chi connectivity index (χ1) is 22.5. The predicted molar refractivity (Wildman–Crippen MR) is 188 cm³/mol. The molecule has 0 saturated carbocycles. The first-order valence-corrected chi connectivity index (χ1v) is 16.4. The Balaban J connectivity index is 0.000000179. The van der Waals surface area contributed by atoms with Gasteiger partial charge in [-0.1, -0.05) is 34.2 Å². The molecule has 49 heavy (non-hydrogen) atoms. The number of halogens is 1. The molecule has 0 bridgehead atoms. The van der Waals surface area contributed by atoms with Gasteiger partial charge in [0.1, 0.15) is 10.7 Å². The lowest BCUT2D eigenvalue weighted by atomic mass is 10.1. The first-order valence-electron chi connectivity index (χ1n) is 16.0. The molecular weight excluding hydrogens is 646 g/mol. The average Bonchev–Trinajstić information content (AvgIpc) is 3.74. The minimum Gasteiger partial charge on any atom is -0.277 e. The summed E-state index contributed by atoms with van der Waals surface area (Å²) in [5.74, 6) is -0.462. The second kappa shape index (κ2) is 14.5. The van der Waals surface area contributed by atoms with Crippen molar-refractivity contribution in [1.82, 2.24) is 44.8 Å². The zero-order chi connectivity index (χ0) is 37.1. The lowest BCUT2D eigenvalue weighted by Gasteiger charge is -2.29. The Labute approximate surface area is 293 Å². The summed E-state index contributed by atoms with van der Waals surface area (Å²) in [4.78, 5) is 53.1. The van der Waals surface area contributed by atoms with E-state index in [-0.39, 0.29) is 40.2 Å². The van der Waals surface area contributed by atoms with Crippen LogP contribution in [0.5, 0.6) is 0 Å². The molecule has 6 rings (SSSR count). The minimum atomic E-state index is -0.465. The van der Waals surface area contributed by atoms with Gasteiger partial charge in [0.25, 0.3) is 11.8 Å². The topological polar surface area (TPSA) is 149 Å². The fraction of sp³-hybridized carbons (Fsp3) is 0.514. The number of likely N-dealkylation sites (tertiary alicyclic amines) is 1. The van der Waals surface area contributed by atoms with Crippen molar-refractivity contribution in [3.63, 3.8) is 0 Å². The van der Waals surface area contributed by atoms with Gasteiger partial charge in [-0.3, -0.25) is 29.0 Å². The summed E-state index contributed by atoms with van der Waals surface area (Å²) in [6, 6.07) is 10.7. The third-order valence-corrected chi connectivity index (χ3v) is 7.43. The monoisotopic (exact) mass is 693 g/mol. The molecule has 0 unspecified atom stereocenters. The number of rotatable bonds is 0. The van der Waals surface area contributed by atoms with E-state index < -0.39 is 5.54 Å². The number of hydrogen-bond acceptors (Lipinski definition) is 9. The van der Waals surface area contributed by atoms with Crippen LogP contribution < -0.4 is 0 Å². The number of carbonyl (C=O) groups excluding carboxylic acids is 4. The molecule has 4 amide bonds. The van der Waals surface area contributed by atoms with Gasteiger partial charge < -0.3 is 0 Å². The summed E-state index contributed by atoms with van der Waals surface area (Å²) < 4.78 is 3.51. The van der Waals surface area contributed by atoms with Crippen LogP contribution in [0.3, 0.4) is 0 Å². The molecule has 5 heterocycles. The molecule has 2 aliphatic heterocycles. The van der Waals surface area contributed by atoms with Crippen LogP contribution in [0, 0.1) is 0 Å². The highest BCUT2D eigenvalue weighted by Gasteiger charge is 2.41. The van der Waals surface area contributed by atoms with Crippen molar-refractivity contribution in [2.45, 2.75) is 118 Å². The largest absolute Gasteiger partial charge is 0.277 e. The molecule has 1 saturated heterocycles. The highest BCUT2D eigenvalue weighted by Crippen LogP contribution is 2.29. The fourth-order valence-corrected chi connectivity index (χ4v) is 5.35. The Hall–Kier alpha value is -4.52. The number of benzene rings is 1. The molecule has 14 heteroatoms. The smallest absolute Gasteiger partial charge is 0.262 e. The summed E-state index contributed by atoms with van der Waals surface area (Å²) in [5, 5.41) is 16.2. The zero-order valence-corrected chi connectivity index (χ0v) is 31.3. The maximum Gasteiger partial charge on any atom is 0.262 e. The van der Waals surface area contributed by atoms with E-state index in [4.69, 9.17) is 11.6 Å². The van der Waals surface area contributed by atoms with Crippen LogP contribution in [-0.4, -0.2) is 79.5 Å². The number of aromatic nitrogens is 7. The van der Waals surface area contributed by atoms with Gasteiger partial charge in [-0.25, -0.2) is 14.3 Å². The Bertz CT molecular complexity index is 1770. The average molecular weight is 694 g/mol. The molecule has 0 aliphatic carbocycles. The number of nitrogens with zero attached hydrogens (tertiary/aromatic N) is 9. The zero-order valence-electron chi connectivity index (χ0n) is 30.6. The summed E-state index contributed by atoms with van der Waals surface area (Å²) >= 11 is 5.76. The van der Waals surface area contributed by atoms with Gasteiger partial charge in [0, 0.05) is 30.1 Å². The van der Waals surface area contributed by atoms with E-state index in [2.05, 4.69) is 46.4 Å². The highest BCUT2D eigenvalue weighted by molar-refractivity contribution is 6.29. The first kappa shape index (κ1) is 38.9. The normalized spacial score (nSPS) is 15.0. The highest BCUT2D eigenvalue weighted by atomic mass is 35.5. The van der Waals surface area contributed by atoms with E-state index in [1.54, 1.807) is 35.1 Å². The maximum absolute atomic E-state index is 12.0. The van der Waals surface area contributed by atoms with Gasteiger partial charge in [0.2, 0.25) is 11.8 Å². The molecule has 2 aliphatic rings. The number of hydrogen-bond donors (Lipinski definition) is 0. The van der Waals surface area contributed by atoms with Crippen LogP contribution in [0.2, 0.25) is 5.15 Å². The fourth-order valence-electron chi connectivity index (χ4n) is 5.02. The van der Waals surface area contributed by atoms with Crippen molar-refractivity contribution >= 4 is 46.4 Å². The van der Waals surface area contributed by atoms with E-state index in [9.17, 15) is 19.2 Å². The van der Waals surface area contributed by atoms with Gasteiger partial charge in [-0.15, -0.1) is 10.2 Å². The van der Waals surface area contributed by atoms with Crippen molar-refractivity contribution in [3.05, 3.63) is 65.1 Å². The molecule has 1 fully saturated rings. The lowest BCUT2D eigenvalue weighted by Crippen LogP contribution is -2.45. The minimum absolute atomic E-state index is 0.0394. The van der Waals surface area contributed by atoms with Crippen LogP contribution in [-0.2, 0) is 20.7 Å². The summed E-state index contributed by atoms with van der Waals surface area (Å²) in [7, 11) is 0. The third kappa shape index (κ3) is 9.34. The van der Waals surface area contributed by atoms with Gasteiger partial charge in [-0.05, 0) is 107 Å². The van der Waals surface area contributed by atoms with E-state index >= 15 is 0 Å². The van der Waals surface area contributed by atoms with E-state index in [1.165, 1.54) is 16.0 Å².